The average Bonchev–Trinajstić information content (AvgIpc) is 2.36. The first kappa shape index (κ1) is 11.1. The molecule has 1 aliphatic rings. The molecule has 86 valence electrons. The van der Waals surface area contributed by atoms with E-state index < -0.39 is 6.04 Å². The van der Waals surface area contributed by atoms with Crippen LogP contribution in [0.1, 0.15) is 35.6 Å². The molecule has 1 aromatic rings. The Balaban J connectivity index is 2.26. The zero-order chi connectivity index (χ0) is 11.5. The molecule has 1 aliphatic carbocycles. The Morgan fingerprint density at radius 1 is 1.31 bits per heavy atom. The third-order valence-corrected chi connectivity index (χ3v) is 3.26. The van der Waals surface area contributed by atoms with Crippen LogP contribution in [0.4, 0.5) is 0 Å². The fraction of sp³-hybridized carbons (Fsp3) is 0.462. The first-order valence-electron chi connectivity index (χ1n) is 5.81. The summed E-state index contributed by atoms with van der Waals surface area (Å²) in [4.78, 5) is 11.4. The first-order chi connectivity index (χ1) is 7.72. The van der Waals surface area contributed by atoms with Gasteiger partial charge in [-0.05, 0) is 42.4 Å². The second-order valence-electron chi connectivity index (χ2n) is 4.33. The fourth-order valence-corrected chi connectivity index (χ4v) is 2.25. The maximum atomic E-state index is 11.4. The van der Waals surface area contributed by atoms with E-state index in [1.807, 2.05) is 6.07 Å². The number of benzene rings is 1. The van der Waals surface area contributed by atoms with E-state index in [1.54, 1.807) is 7.05 Å². The molecule has 0 heterocycles. The summed E-state index contributed by atoms with van der Waals surface area (Å²) in [7, 11) is 1.61. The van der Waals surface area contributed by atoms with Crippen molar-refractivity contribution >= 4 is 5.91 Å². The summed E-state index contributed by atoms with van der Waals surface area (Å²) in [5, 5.41) is 2.58. The van der Waals surface area contributed by atoms with Crippen LogP contribution in [-0.4, -0.2) is 13.0 Å². The number of likely N-dealkylation sites (N-methyl/N-ethyl adjacent to an activating group) is 1. The van der Waals surface area contributed by atoms with Crippen LogP contribution in [0.3, 0.4) is 0 Å². The van der Waals surface area contributed by atoms with Gasteiger partial charge < -0.3 is 11.1 Å². The molecule has 3 heteroatoms. The highest BCUT2D eigenvalue weighted by Gasteiger charge is 2.16. The molecular formula is C13H18N2O. The lowest BCUT2D eigenvalue weighted by Crippen LogP contribution is -2.31. The van der Waals surface area contributed by atoms with Crippen molar-refractivity contribution in [2.75, 3.05) is 7.05 Å². The Bertz CT molecular complexity index is 401. The van der Waals surface area contributed by atoms with Gasteiger partial charge in [0.2, 0.25) is 5.91 Å². The molecular weight excluding hydrogens is 200 g/mol. The van der Waals surface area contributed by atoms with Crippen molar-refractivity contribution in [2.24, 2.45) is 5.73 Å². The van der Waals surface area contributed by atoms with Gasteiger partial charge in [0.25, 0.3) is 0 Å². The van der Waals surface area contributed by atoms with Crippen molar-refractivity contribution in [1.82, 2.24) is 5.32 Å². The molecule has 1 aromatic carbocycles. The molecule has 0 fully saturated rings. The SMILES string of the molecule is CNC(=O)C(N)c1ccc2c(c1)CCCC2. The topological polar surface area (TPSA) is 55.1 Å². The molecule has 3 nitrogen and oxygen atoms in total. The van der Waals surface area contributed by atoms with Crippen molar-refractivity contribution in [3.8, 4) is 0 Å². The van der Waals surface area contributed by atoms with Crippen LogP contribution in [0.2, 0.25) is 0 Å². The molecule has 0 saturated carbocycles. The molecule has 1 unspecified atom stereocenters. The summed E-state index contributed by atoms with van der Waals surface area (Å²) < 4.78 is 0. The van der Waals surface area contributed by atoms with Crippen LogP contribution < -0.4 is 11.1 Å². The molecule has 3 N–H and O–H groups in total. The van der Waals surface area contributed by atoms with Crippen LogP contribution in [0, 0.1) is 0 Å². The van der Waals surface area contributed by atoms with E-state index in [4.69, 9.17) is 5.73 Å². The normalized spacial score (nSPS) is 16.4. The van der Waals surface area contributed by atoms with Gasteiger partial charge in [-0.15, -0.1) is 0 Å². The van der Waals surface area contributed by atoms with E-state index in [-0.39, 0.29) is 5.91 Å². The summed E-state index contributed by atoms with van der Waals surface area (Å²) in [6.45, 7) is 0. The predicted octanol–water partition coefficient (Wildman–Crippen LogP) is 1.31. The molecule has 16 heavy (non-hydrogen) atoms. The Hall–Kier alpha value is -1.35. The van der Waals surface area contributed by atoms with Gasteiger partial charge in [0.15, 0.2) is 0 Å². The van der Waals surface area contributed by atoms with Gasteiger partial charge in [0, 0.05) is 7.05 Å². The van der Waals surface area contributed by atoms with Crippen molar-refractivity contribution in [1.29, 1.82) is 0 Å². The number of aryl methyl sites for hydroxylation is 2. The van der Waals surface area contributed by atoms with Gasteiger partial charge >= 0.3 is 0 Å². The Morgan fingerprint density at radius 3 is 2.69 bits per heavy atom. The molecule has 0 radical (unpaired) electrons. The summed E-state index contributed by atoms with van der Waals surface area (Å²) in [5.41, 5.74) is 9.57. The molecule has 0 aromatic heterocycles. The standard InChI is InChI=1S/C13H18N2O/c1-15-13(16)12(14)11-7-6-9-4-2-3-5-10(9)8-11/h6-8,12H,2-5,14H2,1H3,(H,15,16). The third kappa shape index (κ3) is 2.09. The molecule has 1 atom stereocenters. The minimum atomic E-state index is -0.544. The smallest absolute Gasteiger partial charge is 0.241 e. The quantitative estimate of drug-likeness (QED) is 0.786. The van der Waals surface area contributed by atoms with Gasteiger partial charge in [-0.2, -0.15) is 0 Å². The van der Waals surface area contributed by atoms with Gasteiger partial charge in [0.05, 0.1) is 0 Å². The number of carbonyl (C=O) groups is 1. The summed E-state index contributed by atoms with van der Waals surface area (Å²) >= 11 is 0. The second-order valence-corrected chi connectivity index (χ2v) is 4.33. The molecule has 0 saturated heterocycles. The lowest BCUT2D eigenvalue weighted by Gasteiger charge is -2.18. The summed E-state index contributed by atoms with van der Waals surface area (Å²) in [6.07, 6.45) is 4.79. The minimum Gasteiger partial charge on any atom is -0.358 e. The monoisotopic (exact) mass is 218 g/mol. The maximum absolute atomic E-state index is 11.4. The fourth-order valence-electron chi connectivity index (χ4n) is 2.25. The number of hydrogen-bond donors (Lipinski definition) is 2. The van der Waals surface area contributed by atoms with Crippen LogP contribution >= 0.6 is 0 Å². The van der Waals surface area contributed by atoms with Gasteiger partial charge in [-0.25, -0.2) is 0 Å². The highest BCUT2D eigenvalue weighted by atomic mass is 16.2. The number of fused-ring (bicyclic) bond motifs is 1. The lowest BCUT2D eigenvalue weighted by molar-refractivity contribution is -0.121. The number of nitrogens with one attached hydrogen (secondary N) is 1. The van der Waals surface area contributed by atoms with E-state index in [9.17, 15) is 4.79 Å². The van der Waals surface area contributed by atoms with Crippen LogP contribution in [0.15, 0.2) is 18.2 Å². The van der Waals surface area contributed by atoms with E-state index in [0.717, 1.165) is 18.4 Å². The van der Waals surface area contributed by atoms with E-state index in [0.29, 0.717) is 0 Å². The van der Waals surface area contributed by atoms with E-state index in [2.05, 4.69) is 17.4 Å². The maximum Gasteiger partial charge on any atom is 0.241 e. The average molecular weight is 218 g/mol. The largest absolute Gasteiger partial charge is 0.358 e. The Labute approximate surface area is 96.0 Å². The van der Waals surface area contributed by atoms with Gasteiger partial charge in [0.1, 0.15) is 6.04 Å². The van der Waals surface area contributed by atoms with Gasteiger partial charge in [-0.3, -0.25) is 4.79 Å². The Morgan fingerprint density at radius 2 is 2.00 bits per heavy atom. The van der Waals surface area contributed by atoms with Crippen LogP contribution in [0.5, 0.6) is 0 Å². The van der Waals surface area contributed by atoms with Crippen LogP contribution in [-0.2, 0) is 17.6 Å². The first-order valence-corrected chi connectivity index (χ1v) is 5.81. The number of hydrogen-bond acceptors (Lipinski definition) is 2. The van der Waals surface area contributed by atoms with Gasteiger partial charge in [-0.1, -0.05) is 18.2 Å². The number of carbonyl (C=O) groups excluding carboxylic acids is 1. The summed E-state index contributed by atoms with van der Waals surface area (Å²) in [5.74, 6) is -0.129. The predicted molar refractivity (Wildman–Crippen MR) is 64.1 cm³/mol. The van der Waals surface area contributed by atoms with Crippen LogP contribution in [0.25, 0.3) is 0 Å². The molecule has 0 aliphatic heterocycles. The van der Waals surface area contributed by atoms with E-state index >= 15 is 0 Å². The second kappa shape index (κ2) is 4.66. The van der Waals surface area contributed by atoms with Crippen molar-refractivity contribution in [3.63, 3.8) is 0 Å². The molecule has 1 amide bonds. The van der Waals surface area contributed by atoms with Crippen molar-refractivity contribution in [2.45, 2.75) is 31.7 Å². The zero-order valence-electron chi connectivity index (χ0n) is 9.62. The minimum absolute atomic E-state index is 0.129. The Kier molecular flexibility index (Phi) is 3.25. The summed E-state index contributed by atoms with van der Waals surface area (Å²) in [6, 6.07) is 5.64. The number of nitrogens with two attached hydrogens (primary N) is 1. The molecule has 2 rings (SSSR count). The van der Waals surface area contributed by atoms with E-state index in [1.165, 1.54) is 24.0 Å². The van der Waals surface area contributed by atoms with Crippen molar-refractivity contribution in [3.05, 3.63) is 34.9 Å². The molecule has 0 spiro atoms. The zero-order valence-corrected chi connectivity index (χ0v) is 9.62. The highest BCUT2D eigenvalue weighted by molar-refractivity contribution is 5.82. The van der Waals surface area contributed by atoms with Crippen molar-refractivity contribution < 1.29 is 4.79 Å². The number of amides is 1. The lowest BCUT2D eigenvalue weighted by atomic mass is 9.89. The highest BCUT2D eigenvalue weighted by Crippen LogP contribution is 2.24. The third-order valence-electron chi connectivity index (χ3n) is 3.26. The molecule has 0 bridgehead atoms. The number of rotatable bonds is 2.